The number of hydrogen-bond acceptors (Lipinski definition) is 2. The SMILES string of the molecule is CCCCCCCCCCc1ccc(C(=O)N2CC3CC2CN3)cc1. The predicted octanol–water partition coefficient (Wildman–Crippen LogP) is 4.56. The fourth-order valence-electron chi connectivity index (χ4n) is 4.25. The Labute approximate surface area is 153 Å². The maximum atomic E-state index is 12.7. The Bertz CT molecular complexity index is 539. The van der Waals surface area contributed by atoms with Gasteiger partial charge in [-0.05, 0) is 37.0 Å². The molecule has 2 fully saturated rings. The van der Waals surface area contributed by atoms with E-state index in [0.717, 1.165) is 31.5 Å². The van der Waals surface area contributed by atoms with Crippen molar-refractivity contribution in [2.75, 3.05) is 13.1 Å². The van der Waals surface area contributed by atoms with E-state index in [9.17, 15) is 4.79 Å². The molecule has 1 amide bonds. The number of hydrogen-bond donors (Lipinski definition) is 1. The molecule has 25 heavy (non-hydrogen) atoms. The van der Waals surface area contributed by atoms with Gasteiger partial charge in [0.2, 0.25) is 0 Å². The molecule has 2 saturated heterocycles. The Balaban J connectivity index is 1.35. The van der Waals surface area contributed by atoms with Gasteiger partial charge in [-0.15, -0.1) is 0 Å². The number of nitrogens with one attached hydrogen (secondary N) is 1. The molecule has 0 saturated carbocycles. The zero-order chi connectivity index (χ0) is 17.5. The number of benzene rings is 1. The van der Waals surface area contributed by atoms with Crippen molar-refractivity contribution in [3.63, 3.8) is 0 Å². The number of likely N-dealkylation sites (tertiary alicyclic amines) is 1. The van der Waals surface area contributed by atoms with Crippen LogP contribution in [0.15, 0.2) is 24.3 Å². The fraction of sp³-hybridized carbons (Fsp3) is 0.682. The molecule has 3 nitrogen and oxygen atoms in total. The van der Waals surface area contributed by atoms with Crippen molar-refractivity contribution < 1.29 is 4.79 Å². The Morgan fingerprint density at radius 3 is 2.32 bits per heavy atom. The van der Waals surface area contributed by atoms with E-state index in [4.69, 9.17) is 0 Å². The lowest BCUT2D eigenvalue weighted by molar-refractivity contribution is 0.0716. The first-order valence-corrected chi connectivity index (χ1v) is 10.4. The number of carbonyl (C=O) groups is 1. The molecule has 1 N–H and O–H groups in total. The molecule has 138 valence electrons. The van der Waals surface area contributed by atoms with Crippen LogP contribution in [0.3, 0.4) is 0 Å². The van der Waals surface area contributed by atoms with Crippen LogP contribution in [-0.2, 0) is 6.42 Å². The second-order valence-corrected chi connectivity index (χ2v) is 7.87. The third kappa shape index (κ3) is 5.07. The largest absolute Gasteiger partial charge is 0.333 e. The third-order valence-electron chi connectivity index (χ3n) is 5.84. The number of rotatable bonds is 10. The van der Waals surface area contributed by atoms with Gasteiger partial charge in [0.25, 0.3) is 5.91 Å². The highest BCUT2D eigenvalue weighted by Gasteiger charge is 2.40. The van der Waals surface area contributed by atoms with E-state index in [-0.39, 0.29) is 5.91 Å². The minimum Gasteiger partial charge on any atom is -0.333 e. The Morgan fingerprint density at radius 1 is 1.04 bits per heavy atom. The van der Waals surface area contributed by atoms with Gasteiger partial charge >= 0.3 is 0 Å². The molecular formula is C22H34N2O. The van der Waals surface area contributed by atoms with E-state index in [1.54, 1.807) is 0 Å². The number of fused-ring (bicyclic) bond motifs is 2. The molecule has 2 aliphatic heterocycles. The van der Waals surface area contributed by atoms with Crippen molar-refractivity contribution in [1.82, 2.24) is 10.2 Å². The topological polar surface area (TPSA) is 32.3 Å². The molecule has 1 aromatic carbocycles. The van der Waals surface area contributed by atoms with Crippen LogP contribution >= 0.6 is 0 Å². The molecule has 0 aliphatic carbocycles. The molecule has 0 radical (unpaired) electrons. The first kappa shape index (κ1) is 18.4. The number of unbranched alkanes of at least 4 members (excludes halogenated alkanes) is 7. The molecule has 3 heteroatoms. The summed E-state index contributed by atoms with van der Waals surface area (Å²) in [4.78, 5) is 14.7. The zero-order valence-corrected chi connectivity index (χ0v) is 15.8. The lowest BCUT2D eigenvalue weighted by Crippen LogP contribution is -2.46. The first-order chi connectivity index (χ1) is 12.3. The molecule has 2 bridgehead atoms. The maximum absolute atomic E-state index is 12.7. The number of amides is 1. The fourth-order valence-corrected chi connectivity index (χ4v) is 4.25. The number of carbonyl (C=O) groups excluding carboxylic acids is 1. The number of piperazine rings is 1. The van der Waals surface area contributed by atoms with Crippen LogP contribution in [0.4, 0.5) is 0 Å². The molecule has 2 atom stereocenters. The van der Waals surface area contributed by atoms with E-state index < -0.39 is 0 Å². The van der Waals surface area contributed by atoms with Gasteiger partial charge in [0.1, 0.15) is 0 Å². The quantitative estimate of drug-likeness (QED) is 0.632. The highest BCUT2D eigenvalue weighted by molar-refractivity contribution is 5.94. The van der Waals surface area contributed by atoms with Crippen molar-refractivity contribution in [2.45, 2.75) is 83.2 Å². The van der Waals surface area contributed by atoms with Gasteiger partial charge in [0.15, 0.2) is 0 Å². The van der Waals surface area contributed by atoms with Crippen LogP contribution in [0.1, 0.15) is 80.6 Å². The van der Waals surface area contributed by atoms with Crippen LogP contribution < -0.4 is 5.32 Å². The van der Waals surface area contributed by atoms with Gasteiger partial charge in [-0.1, -0.05) is 64.0 Å². The number of aryl methyl sites for hydroxylation is 1. The predicted molar refractivity (Wildman–Crippen MR) is 104 cm³/mol. The molecule has 3 rings (SSSR count). The van der Waals surface area contributed by atoms with Crippen molar-refractivity contribution in [1.29, 1.82) is 0 Å². The van der Waals surface area contributed by atoms with Crippen molar-refractivity contribution in [2.24, 2.45) is 0 Å². The van der Waals surface area contributed by atoms with Crippen LogP contribution in [0, 0.1) is 0 Å². The van der Waals surface area contributed by atoms with E-state index in [1.807, 2.05) is 12.1 Å². The van der Waals surface area contributed by atoms with E-state index in [1.165, 1.54) is 56.9 Å². The summed E-state index contributed by atoms with van der Waals surface area (Å²) < 4.78 is 0. The molecule has 2 heterocycles. The minimum absolute atomic E-state index is 0.215. The maximum Gasteiger partial charge on any atom is 0.254 e. The average molecular weight is 343 g/mol. The minimum atomic E-state index is 0.215. The van der Waals surface area contributed by atoms with Gasteiger partial charge in [-0.25, -0.2) is 0 Å². The summed E-state index contributed by atoms with van der Waals surface area (Å²) in [5.74, 6) is 0.215. The number of nitrogens with zero attached hydrogens (tertiary/aromatic N) is 1. The molecule has 2 unspecified atom stereocenters. The molecule has 0 spiro atoms. The van der Waals surface area contributed by atoms with Crippen molar-refractivity contribution >= 4 is 5.91 Å². The van der Waals surface area contributed by atoms with E-state index in [2.05, 4.69) is 29.3 Å². The van der Waals surface area contributed by atoms with Crippen molar-refractivity contribution in [3.05, 3.63) is 35.4 Å². The molecule has 1 aromatic rings. The summed E-state index contributed by atoms with van der Waals surface area (Å²) >= 11 is 0. The van der Waals surface area contributed by atoms with E-state index >= 15 is 0 Å². The first-order valence-electron chi connectivity index (χ1n) is 10.4. The monoisotopic (exact) mass is 342 g/mol. The summed E-state index contributed by atoms with van der Waals surface area (Å²) in [5.41, 5.74) is 2.22. The summed E-state index contributed by atoms with van der Waals surface area (Å²) in [6, 6.07) is 9.30. The second-order valence-electron chi connectivity index (χ2n) is 7.87. The molecule has 0 aromatic heterocycles. The Kier molecular flexibility index (Phi) is 6.92. The van der Waals surface area contributed by atoms with Crippen LogP contribution in [0.2, 0.25) is 0 Å². The zero-order valence-electron chi connectivity index (χ0n) is 15.8. The van der Waals surface area contributed by atoms with Crippen LogP contribution in [0.25, 0.3) is 0 Å². The second kappa shape index (κ2) is 9.38. The standard InChI is InChI=1S/C22H34N2O/c1-2-3-4-5-6-7-8-9-10-18-11-13-19(14-12-18)22(25)24-17-20-15-21(24)16-23-20/h11-14,20-21,23H,2-10,15-17H2,1H3. The highest BCUT2D eigenvalue weighted by atomic mass is 16.2. The Hall–Kier alpha value is -1.35. The summed E-state index contributed by atoms with van der Waals surface area (Å²) in [5, 5.41) is 3.46. The van der Waals surface area contributed by atoms with E-state index in [0.29, 0.717) is 12.1 Å². The molecular weight excluding hydrogens is 308 g/mol. The van der Waals surface area contributed by atoms with Crippen LogP contribution in [0.5, 0.6) is 0 Å². The average Bonchev–Trinajstić information content (AvgIpc) is 3.27. The van der Waals surface area contributed by atoms with Gasteiger partial charge in [0, 0.05) is 30.7 Å². The third-order valence-corrected chi connectivity index (χ3v) is 5.84. The van der Waals surface area contributed by atoms with Gasteiger partial charge < -0.3 is 10.2 Å². The highest BCUT2D eigenvalue weighted by Crippen LogP contribution is 2.25. The van der Waals surface area contributed by atoms with Gasteiger partial charge in [0.05, 0.1) is 0 Å². The van der Waals surface area contributed by atoms with Crippen LogP contribution in [-0.4, -0.2) is 36.0 Å². The summed E-state index contributed by atoms with van der Waals surface area (Å²) in [6.07, 6.45) is 13.1. The Morgan fingerprint density at radius 2 is 1.72 bits per heavy atom. The van der Waals surface area contributed by atoms with Gasteiger partial charge in [-0.3, -0.25) is 4.79 Å². The lowest BCUT2D eigenvalue weighted by atomic mass is 10.0. The lowest BCUT2D eigenvalue weighted by Gasteiger charge is -2.27. The molecule has 2 aliphatic rings. The van der Waals surface area contributed by atoms with Gasteiger partial charge in [-0.2, -0.15) is 0 Å². The summed E-state index contributed by atoms with van der Waals surface area (Å²) in [7, 11) is 0. The smallest absolute Gasteiger partial charge is 0.254 e. The van der Waals surface area contributed by atoms with Crippen molar-refractivity contribution in [3.8, 4) is 0 Å². The summed E-state index contributed by atoms with van der Waals surface area (Å²) in [6.45, 7) is 4.11. The normalized spacial score (nSPS) is 21.9.